The Morgan fingerprint density at radius 2 is 1.81 bits per heavy atom. The molecule has 0 aliphatic carbocycles. The van der Waals surface area contributed by atoms with Gasteiger partial charge in [0.05, 0.1) is 13.7 Å². The van der Waals surface area contributed by atoms with Gasteiger partial charge in [0, 0.05) is 50.7 Å². The number of amides is 1. The molecule has 1 aromatic carbocycles. The van der Waals surface area contributed by atoms with Crippen molar-refractivity contribution >= 4 is 17.2 Å². The Morgan fingerprint density at radius 1 is 1.04 bits per heavy atom. The van der Waals surface area contributed by atoms with Gasteiger partial charge in [-0.1, -0.05) is 12.1 Å². The number of carbonyl (C=O) groups is 1. The molecule has 0 radical (unpaired) electrons. The highest BCUT2D eigenvalue weighted by Crippen LogP contribution is 2.24. The number of carbonyl (C=O) groups excluding carboxylic acids is 1. The van der Waals surface area contributed by atoms with Crippen molar-refractivity contribution in [3.63, 3.8) is 0 Å². The van der Waals surface area contributed by atoms with Gasteiger partial charge in [-0.25, -0.2) is 0 Å². The highest BCUT2D eigenvalue weighted by Gasteiger charge is 2.24. The SMILES string of the molecule is COc1ccc(CN2CCN(C(=O)CN3CCc4sccc4C3)CC2)cc1. The lowest BCUT2D eigenvalue weighted by Gasteiger charge is -2.36. The lowest BCUT2D eigenvalue weighted by molar-refractivity contribution is -0.134. The second kappa shape index (κ2) is 8.42. The fourth-order valence-electron chi connectivity index (χ4n) is 3.88. The number of hydrogen-bond donors (Lipinski definition) is 0. The first-order chi connectivity index (χ1) is 13.2. The third-order valence-electron chi connectivity index (χ3n) is 5.54. The molecule has 0 saturated carbocycles. The monoisotopic (exact) mass is 385 g/mol. The number of hydrogen-bond acceptors (Lipinski definition) is 5. The predicted octanol–water partition coefficient (Wildman–Crippen LogP) is 2.46. The molecule has 5 nitrogen and oxygen atoms in total. The minimum absolute atomic E-state index is 0.276. The molecule has 0 bridgehead atoms. The van der Waals surface area contributed by atoms with E-state index in [-0.39, 0.29) is 5.91 Å². The van der Waals surface area contributed by atoms with Gasteiger partial charge < -0.3 is 9.64 Å². The van der Waals surface area contributed by atoms with Crippen molar-refractivity contribution in [2.75, 3.05) is 46.4 Å². The number of fused-ring (bicyclic) bond motifs is 1. The van der Waals surface area contributed by atoms with E-state index in [2.05, 4.69) is 33.4 Å². The van der Waals surface area contributed by atoms with Crippen molar-refractivity contribution in [3.05, 3.63) is 51.7 Å². The van der Waals surface area contributed by atoms with Gasteiger partial charge in [0.1, 0.15) is 5.75 Å². The number of thiophene rings is 1. The summed E-state index contributed by atoms with van der Waals surface area (Å²) in [5.74, 6) is 1.17. The lowest BCUT2D eigenvalue weighted by atomic mass is 10.1. The van der Waals surface area contributed by atoms with Gasteiger partial charge in [-0.2, -0.15) is 0 Å². The number of methoxy groups -OCH3 is 1. The zero-order chi connectivity index (χ0) is 18.6. The smallest absolute Gasteiger partial charge is 0.236 e. The van der Waals surface area contributed by atoms with E-state index in [1.54, 1.807) is 7.11 Å². The van der Waals surface area contributed by atoms with Crippen molar-refractivity contribution < 1.29 is 9.53 Å². The normalized spacial score (nSPS) is 18.3. The summed E-state index contributed by atoms with van der Waals surface area (Å²) in [6, 6.07) is 10.4. The number of benzene rings is 1. The van der Waals surface area contributed by atoms with Crippen LogP contribution in [0.1, 0.15) is 16.0 Å². The maximum atomic E-state index is 12.7. The summed E-state index contributed by atoms with van der Waals surface area (Å²) in [5, 5.41) is 2.16. The molecule has 2 aliphatic heterocycles. The van der Waals surface area contributed by atoms with Crippen LogP contribution in [0.25, 0.3) is 0 Å². The summed E-state index contributed by atoms with van der Waals surface area (Å²) in [4.78, 5) is 20.9. The predicted molar refractivity (Wildman–Crippen MR) is 108 cm³/mol. The van der Waals surface area contributed by atoms with E-state index in [4.69, 9.17) is 4.74 Å². The molecule has 0 unspecified atom stereocenters. The molecular formula is C21H27N3O2S. The molecule has 6 heteroatoms. The highest BCUT2D eigenvalue weighted by molar-refractivity contribution is 7.10. The van der Waals surface area contributed by atoms with Crippen LogP contribution in [0.2, 0.25) is 0 Å². The number of rotatable bonds is 5. The van der Waals surface area contributed by atoms with Crippen LogP contribution < -0.4 is 4.74 Å². The second-order valence-corrected chi connectivity index (χ2v) is 8.34. The minimum Gasteiger partial charge on any atom is -0.497 e. The first kappa shape index (κ1) is 18.5. The maximum Gasteiger partial charge on any atom is 0.236 e. The van der Waals surface area contributed by atoms with Gasteiger partial charge >= 0.3 is 0 Å². The summed E-state index contributed by atoms with van der Waals surface area (Å²) >= 11 is 1.84. The number of ether oxygens (including phenoxy) is 1. The van der Waals surface area contributed by atoms with Crippen molar-refractivity contribution in [1.29, 1.82) is 0 Å². The van der Waals surface area contributed by atoms with Crippen LogP contribution in [0.15, 0.2) is 35.7 Å². The van der Waals surface area contributed by atoms with E-state index in [0.29, 0.717) is 6.54 Å². The first-order valence-electron chi connectivity index (χ1n) is 9.62. The zero-order valence-electron chi connectivity index (χ0n) is 15.9. The first-order valence-corrected chi connectivity index (χ1v) is 10.5. The van der Waals surface area contributed by atoms with Gasteiger partial charge in [0.2, 0.25) is 5.91 Å². The Balaban J connectivity index is 1.23. The Bertz CT molecular complexity index is 766. The quantitative estimate of drug-likeness (QED) is 0.792. The Morgan fingerprint density at radius 3 is 2.56 bits per heavy atom. The number of piperazine rings is 1. The van der Waals surface area contributed by atoms with Crippen LogP contribution >= 0.6 is 11.3 Å². The Labute approximate surface area is 165 Å². The molecule has 0 atom stereocenters. The Kier molecular flexibility index (Phi) is 5.76. The third kappa shape index (κ3) is 4.51. The molecule has 2 aliphatic rings. The van der Waals surface area contributed by atoms with E-state index in [1.807, 2.05) is 28.4 Å². The van der Waals surface area contributed by atoms with Gasteiger partial charge in [-0.05, 0) is 41.1 Å². The Hall–Kier alpha value is -1.89. The molecule has 2 aromatic rings. The molecule has 1 aromatic heterocycles. The highest BCUT2D eigenvalue weighted by atomic mass is 32.1. The van der Waals surface area contributed by atoms with Crippen molar-refractivity contribution in [3.8, 4) is 5.75 Å². The van der Waals surface area contributed by atoms with Crippen LogP contribution in [0.4, 0.5) is 0 Å². The topological polar surface area (TPSA) is 36.0 Å². The van der Waals surface area contributed by atoms with Crippen LogP contribution in [-0.4, -0.2) is 67.0 Å². The van der Waals surface area contributed by atoms with Gasteiger partial charge in [0.25, 0.3) is 0 Å². The molecule has 1 saturated heterocycles. The van der Waals surface area contributed by atoms with E-state index in [9.17, 15) is 4.79 Å². The average Bonchev–Trinajstić information content (AvgIpc) is 3.17. The molecule has 27 heavy (non-hydrogen) atoms. The van der Waals surface area contributed by atoms with Gasteiger partial charge in [0.15, 0.2) is 0 Å². The fourth-order valence-corrected chi connectivity index (χ4v) is 4.77. The van der Waals surface area contributed by atoms with E-state index >= 15 is 0 Å². The largest absolute Gasteiger partial charge is 0.497 e. The third-order valence-corrected chi connectivity index (χ3v) is 6.56. The van der Waals surface area contributed by atoms with Crippen molar-refractivity contribution in [2.45, 2.75) is 19.5 Å². The molecule has 1 fully saturated rings. The van der Waals surface area contributed by atoms with E-state index < -0.39 is 0 Å². The van der Waals surface area contributed by atoms with Crippen molar-refractivity contribution in [2.24, 2.45) is 0 Å². The van der Waals surface area contributed by atoms with Gasteiger partial charge in [-0.15, -0.1) is 11.3 Å². The standard InChI is InChI=1S/C21H27N3O2S/c1-26-19-4-2-17(3-5-19)14-22-9-11-24(12-10-22)21(25)16-23-8-6-20-18(15-23)7-13-27-20/h2-5,7,13H,6,8-12,14-16H2,1H3. The van der Waals surface area contributed by atoms with E-state index in [1.165, 1.54) is 16.0 Å². The van der Waals surface area contributed by atoms with E-state index in [0.717, 1.165) is 58.0 Å². The average molecular weight is 386 g/mol. The van der Waals surface area contributed by atoms with Crippen LogP contribution in [0.3, 0.4) is 0 Å². The van der Waals surface area contributed by atoms with Crippen molar-refractivity contribution in [1.82, 2.24) is 14.7 Å². The lowest BCUT2D eigenvalue weighted by Crippen LogP contribution is -2.51. The molecule has 144 valence electrons. The van der Waals surface area contributed by atoms with Crippen LogP contribution in [0, 0.1) is 0 Å². The molecule has 0 spiro atoms. The molecule has 3 heterocycles. The molecular weight excluding hydrogens is 358 g/mol. The minimum atomic E-state index is 0.276. The molecule has 4 rings (SSSR count). The molecule has 1 amide bonds. The van der Waals surface area contributed by atoms with Gasteiger partial charge in [-0.3, -0.25) is 14.6 Å². The second-order valence-electron chi connectivity index (χ2n) is 7.33. The summed E-state index contributed by atoms with van der Waals surface area (Å²) in [6.07, 6.45) is 1.08. The summed E-state index contributed by atoms with van der Waals surface area (Å²) in [6.45, 7) is 6.92. The zero-order valence-corrected chi connectivity index (χ0v) is 16.7. The molecule has 0 N–H and O–H groups in total. The summed E-state index contributed by atoms with van der Waals surface area (Å²) < 4.78 is 5.22. The van der Waals surface area contributed by atoms with Crippen LogP contribution in [0.5, 0.6) is 5.75 Å². The van der Waals surface area contributed by atoms with Crippen LogP contribution in [-0.2, 0) is 24.3 Å². The fraction of sp³-hybridized carbons (Fsp3) is 0.476. The maximum absolute atomic E-state index is 12.7. The summed E-state index contributed by atoms with van der Waals surface area (Å²) in [7, 11) is 1.69. The number of nitrogens with zero attached hydrogens (tertiary/aromatic N) is 3. The summed E-state index contributed by atoms with van der Waals surface area (Å²) in [5.41, 5.74) is 2.69.